The summed E-state index contributed by atoms with van der Waals surface area (Å²) in [4.78, 5) is 2.43. The van der Waals surface area contributed by atoms with Crippen molar-refractivity contribution in [2.45, 2.75) is 0 Å². The SMILES string of the molecule is c1ccc(-c2ccccc2N(c2ccccc2)c2cc(-c3cccc(-n4c5ccccc5c5ccccc54)c3)c3sc4ccccc4c3c2)cc1. The smallest absolute Gasteiger partial charge is 0.0541 e. The van der Waals surface area contributed by atoms with Crippen LogP contribution in [0.25, 0.3) is 69.9 Å². The molecule has 0 bridgehead atoms. The van der Waals surface area contributed by atoms with Crippen molar-refractivity contribution in [1.29, 1.82) is 0 Å². The van der Waals surface area contributed by atoms with Crippen LogP contribution in [0.15, 0.2) is 194 Å². The molecule has 2 nitrogen and oxygen atoms in total. The van der Waals surface area contributed by atoms with Gasteiger partial charge < -0.3 is 9.47 Å². The summed E-state index contributed by atoms with van der Waals surface area (Å²) >= 11 is 1.88. The first-order valence-corrected chi connectivity index (χ1v) is 18.2. The van der Waals surface area contributed by atoms with Crippen LogP contribution in [0.5, 0.6) is 0 Å². The third-order valence-corrected chi connectivity index (χ3v) is 11.2. The number of hydrogen-bond acceptors (Lipinski definition) is 2. The van der Waals surface area contributed by atoms with Crippen LogP contribution in [-0.2, 0) is 0 Å². The second-order valence-corrected chi connectivity index (χ2v) is 14.0. The first-order valence-electron chi connectivity index (χ1n) is 17.4. The number of anilines is 3. The lowest BCUT2D eigenvalue weighted by atomic mass is 9.98. The van der Waals surface area contributed by atoms with Crippen LogP contribution in [0.3, 0.4) is 0 Å². The van der Waals surface area contributed by atoms with E-state index in [4.69, 9.17) is 0 Å². The van der Waals surface area contributed by atoms with Crippen molar-refractivity contribution in [3.05, 3.63) is 194 Å². The van der Waals surface area contributed by atoms with Crippen LogP contribution >= 0.6 is 11.3 Å². The van der Waals surface area contributed by atoms with Crippen molar-refractivity contribution in [3.8, 4) is 27.9 Å². The zero-order valence-electron chi connectivity index (χ0n) is 27.8. The van der Waals surface area contributed by atoms with Crippen molar-refractivity contribution < 1.29 is 0 Å². The number of hydrogen-bond donors (Lipinski definition) is 0. The summed E-state index contributed by atoms with van der Waals surface area (Å²) in [6, 6.07) is 70.4. The summed E-state index contributed by atoms with van der Waals surface area (Å²) in [6.07, 6.45) is 0. The van der Waals surface area contributed by atoms with Crippen molar-refractivity contribution in [3.63, 3.8) is 0 Å². The van der Waals surface area contributed by atoms with E-state index in [-0.39, 0.29) is 0 Å². The summed E-state index contributed by atoms with van der Waals surface area (Å²) in [6.45, 7) is 0. The van der Waals surface area contributed by atoms with Gasteiger partial charge in [0.1, 0.15) is 0 Å². The molecule has 2 aromatic heterocycles. The number of aromatic nitrogens is 1. The fraction of sp³-hybridized carbons (Fsp3) is 0. The molecule has 3 heteroatoms. The molecule has 2 heterocycles. The maximum absolute atomic E-state index is 2.43. The Kier molecular flexibility index (Phi) is 7.04. The fourth-order valence-electron chi connectivity index (χ4n) is 7.70. The lowest BCUT2D eigenvalue weighted by Crippen LogP contribution is -2.11. The summed E-state index contributed by atoms with van der Waals surface area (Å²) in [5.41, 5.74) is 11.7. The van der Waals surface area contributed by atoms with E-state index in [9.17, 15) is 0 Å². The average Bonchev–Trinajstić information content (AvgIpc) is 3.75. The Labute approximate surface area is 300 Å². The molecule has 0 radical (unpaired) electrons. The molecule has 0 aliphatic heterocycles. The van der Waals surface area contributed by atoms with E-state index in [1.807, 2.05) is 11.3 Å². The second kappa shape index (κ2) is 12.2. The first-order chi connectivity index (χ1) is 25.3. The van der Waals surface area contributed by atoms with E-state index in [0.29, 0.717) is 0 Å². The predicted octanol–water partition coefficient (Wildman–Crippen LogP) is 14.0. The highest BCUT2D eigenvalue weighted by molar-refractivity contribution is 7.26. The molecule has 0 unspecified atom stereocenters. The molecule has 0 saturated carbocycles. The Bertz CT molecular complexity index is 2810. The molecule has 10 aromatic rings. The van der Waals surface area contributed by atoms with Crippen LogP contribution in [-0.4, -0.2) is 4.57 Å². The predicted molar refractivity (Wildman–Crippen MR) is 219 cm³/mol. The molecule has 0 fully saturated rings. The molecule has 0 saturated heterocycles. The van der Waals surface area contributed by atoms with Gasteiger partial charge in [0.25, 0.3) is 0 Å². The Morgan fingerprint density at radius 1 is 0.392 bits per heavy atom. The van der Waals surface area contributed by atoms with E-state index in [2.05, 4.69) is 204 Å². The second-order valence-electron chi connectivity index (χ2n) is 12.9. The normalized spacial score (nSPS) is 11.5. The summed E-state index contributed by atoms with van der Waals surface area (Å²) in [7, 11) is 0. The minimum atomic E-state index is 1.12. The lowest BCUT2D eigenvalue weighted by Gasteiger charge is -2.28. The number of fused-ring (bicyclic) bond motifs is 6. The number of rotatable bonds is 6. The van der Waals surface area contributed by atoms with Gasteiger partial charge in [-0.1, -0.05) is 133 Å². The fourth-order valence-corrected chi connectivity index (χ4v) is 8.92. The largest absolute Gasteiger partial charge is 0.310 e. The van der Waals surface area contributed by atoms with Gasteiger partial charge in [-0.3, -0.25) is 0 Å². The van der Waals surface area contributed by atoms with Crippen molar-refractivity contribution >= 4 is 70.4 Å². The van der Waals surface area contributed by atoms with Gasteiger partial charge >= 0.3 is 0 Å². The van der Waals surface area contributed by atoms with Gasteiger partial charge in [0.15, 0.2) is 0 Å². The molecule has 0 spiro atoms. The Balaban J connectivity index is 1.25. The van der Waals surface area contributed by atoms with Crippen LogP contribution in [0.2, 0.25) is 0 Å². The number of benzene rings is 8. The molecule has 8 aromatic carbocycles. The average molecular weight is 669 g/mol. The van der Waals surface area contributed by atoms with Gasteiger partial charge in [0.05, 0.1) is 16.7 Å². The third kappa shape index (κ3) is 4.93. The van der Waals surface area contributed by atoms with E-state index in [1.54, 1.807) is 0 Å². The van der Waals surface area contributed by atoms with Gasteiger partial charge in [0, 0.05) is 59.1 Å². The Hall–Kier alpha value is -6.42. The number of thiophene rings is 1. The van der Waals surface area contributed by atoms with E-state index in [0.717, 1.165) is 22.7 Å². The van der Waals surface area contributed by atoms with Gasteiger partial charge in [-0.25, -0.2) is 0 Å². The first kappa shape index (κ1) is 29.5. The van der Waals surface area contributed by atoms with E-state index in [1.165, 1.54) is 64.2 Å². The van der Waals surface area contributed by atoms with E-state index < -0.39 is 0 Å². The number of nitrogens with zero attached hydrogens (tertiary/aromatic N) is 2. The molecule has 0 amide bonds. The Morgan fingerprint density at radius 3 is 1.76 bits per heavy atom. The highest BCUT2D eigenvalue weighted by Gasteiger charge is 2.21. The number of para-hydroxylation sites is 4. The summed E-state index contributed by atoms with van der Waals surface area (Å²) in [5, 5.41) is 5.08. The minimum Gasteiger partial charge on any atom is -0.310 e. The highest BCUT2D eigenvalue weighted by Crippen LogP contribution is 2.47. The molecule has 0 atom stereocenters. The van der Waals surface area contributed by atoms with Crippen LogP contribution < -0.4 is 4.90 Å². The maximum atomic E-state index is 2.43. The molecular weight excluding hydrogens is 637 g/mol. The zero-order valence-corrected chi connectivity index (χ0v) is 28.6. The van der Waals surface area contributed by atoms with Crippen molar-refractivity contribution in [2.75, 3.05) is 4.90 Å². The molecule has 0 N–H and O–H groups in total. The van der Waals surface area contributed by atoms with Crippen LogP contribution in [0, 0.1) is 0 Å². The van der Waals surface area contributed by atoms with Crippen LogP contribution in [0.1, 0.15) is 0 Å². The topological polar surface area (TPSA) is 8.17 Å². The highest BCUT2D eigenvalue weighted by atomic mass is 32.1. The maximum Gasteiger partial charge on any atom is 0.0541 e. The monoisotopic (exact) mass is 668 g/mol. The van der Waals surface area contributed by atoms with Crippen molar-refractivity contribution in [2.24, 2.45) is 0 Å². The third-order valence-electron chi connectivity index (χ3n) is 9.96. The summed E-state index contributed by atoms with van der Waals surface area (Å²) in [5.74, 6) is 0. The molecule has 10 rings (SSSR count). The van der Waals surface area contributed by atoms with Gasteiger partial charge in [-0.05, 0) is 71.8 Å². The molecule has 51 heavy (non-hydrogen) atoms. The van der Waals surface area contributed by atoms with Crippen LogP contribution in [0.4, 0.5) is 17.1 Å². The molecule has 0 aliphatic rings. The molecule has 240 valence electrons. The van der Waals surface area contributed by atoms with Gasteiger partial charge in [0.2, 0.25) is 0 Å². The lowest BCUT2D eigenvalue weighted by molar-refractivity contribution is 1.18. The Morgan fingerprint density at radius 2 is 1.00 bits per heavy atom. The molecule has 0 aliphatic carbocycles. The quantitative estimate of drug-likeness (QED) is 0.171. The standard InChI is InChI=1S/C48H32N2S/c1-3-16-33(17-4-1)38-22-7-11-26-44(38)49(35-19-5-2-6-20-35)37-31-42(48-43(32-37)41-25-10-14-29-47(41)51-48)34-18-15-21-36(30-34)50-45-27-12-8-23-39(45)40-24-9-13-28-46(40)50/h1-32H. The molecular formula is C48H32N2S. The van der Waals surface area contributed by atoms with Gasteiger partial charge in [-0.2, -0.15) is 0 Å². The van der Waals surface area contributed by atoms with Gasteiger partial charge in [-0.15, -0.1) is 11.3 Å². The summed E-state index contributed by atoms with van der Waals surface area (Å²) < 4.78 is 5.00. The zero-order chi connectivity index (χ0) is 33.7. The minimum absolute atomic E-state index is 1.12. The van der Waals surface area contributed by atoms with E-state index >= 15 is 0 Å². The van der Waals surface area contributed by atoms with Crippen molar-refractivity contribution in [1.82, 2.24) is 4.57 Å².